The van der Waals surface area contributed by atoms with Crippen LogP contribution in [-0.2, 0) is 21.8 Å². The molecule has 0 bridgehead atoms. The number of sulfonamides is 1. The Morgan fingerprint density at radius 1 is 0.842 bits per heavy atom. The number of hydrogen-bond acceptors (Lipinski definition) is 5. The van der Waals surface area contributed by atoms with E-state index in [1.54, 1.807) is 40.8 Å². The van der Waals surface area contributed by atoms with Crippen molar-refractivity contribution in [1.29, 1.82) is 0 Å². The lowest BCUT2D eigenvalue weighted by atomic mass is 9.96. The molecule has 0 saturated carbocycles. The molecule has 2 saturated heterocycles. The molecule has 2 aliphatic rings. The second kappa shape index (κ2) is 10.9. The zero-order valence-corrected chi connectivity index (χ0v) is 21.9. The van der Waals surface area contributed by atoms with Crippen molar-refractivity contribution < 1.29 is 26.7 Å². The van der Waals surface area contributed by atoms with Crippen molar-refractivity contribution in [3.05, 3.63) is 89.2 Å². The number of amides is 1. The third-order valence-electron chi connectivity index (χ3n) is 7.14. The molecule has 0 spiro atoms. The van der Waals surface area contributed by atoms with E-state index in [2.05, 4.69) is 4.90 Å². The van der Waals surface area contributed by atoms with Gasteiger partial charge in [-0.3, -0.25) is 9.69 Å². The molecule has 8 nitrogen and oxygen atoms in total. The summed E-state index contributed by atoms with van der Waals surface area (Å²) in [4.78, 5) is 17.4. The van der Waals surface area contributed by atoms with Crippen LogP contribution in [0.2, 0.25) is 0 Å². The normalized spacial score (nSPS) is 17.7. The van der Waals surface area contributed by atoms with Gasteiger partial charge in [0.15, 0.2) is 0 Å². The highest BCUT2D eigenvalue weighted by Gasteiger charge is 2.32. The first-order valence-electron chi connectivity index (χ1n) is 12.5. The monoisotopic (exact) mass is 544 g/mol. The predicted molar refractivity (Wildman–Crippen MR) is 137 cm³/mol. The van der Waals surface area contributed by atoms with Crippen LogP contribution >= 0.6 is 0 Å². The van der Waals surface area contributed by atoms with E-state index < -0.39 is 10.0 Å². The molecular weight excluding hydrogens is 514 g/mol. The fourth-order valence-electron chi connectivity index (χ4n) is 5.07. The van der Waals surface area contributed by atoms with Crippen LogP contribution in [0.15, 0.2) is 65.7 Å². The Morgan fingerprint density at radius 2 is 1.37 bits per heavy atom. The number of aryl methyl sites for hydroxylation is 1. The van der Waals surface area contributed by atoms with Crippen LogP contribution in [0.5, 0.6) is 0 Å². The lowest BCUT2D eigenvalue weighted by Crippen LogP contribution is -2.50. The quantitative estimate of drug-likeness (QED) is 0.477. The summed E-state index contributed by atoms with van der Waals surface area (Å²) in [5, 5.41) is 0. The molecule has 3 heterocycles. The van der Waals surface area contributed by atoms with Gasteiger partial charge in [-0.1, -0.05) is 24.3 Å². The Hall–Kier alpha value is -3.12. The molecule has 38 heavy (non-hydrogen) atoms. The standard InChI is InChI=1S/C27H30F2N4O4S/c1-30-19-24(38(35,36)33-14-16-37-17-15-33)18-25(30)27(34)32-12-10-31(11-13-32)26(20-2-6-22(28)7-3-20)21-4-8-23(29)9-5-21/h2-9,18-19,26H,10-17H2,1H3. The number of rotatable bonds is 6. The van der Waals surface area contributed by atoms with Crippen LogP contribution in [0.25, 0.3) is 0 Å². The van der Waals surface area contributed by atoms with E-state index in [1.165, 1.54) is 40.8 Å². The minimum absolute atomic E-state index is 0.0940. The maximum atomic E-state index is 13.6. The van der Waals surface area contributed by atoms with Gasteiger partial charge in [-0.25, -0.2) is 17.2 Å². The molecule has 3 aromatic rings. The van der Waals surface area contributed by atoms with E-state index in [0.29, 0.717) is 45.1 Å². The summed E-state index contributed by atoms with van der Waals surface area (Å²) in [6.45, 7) is 3.18. The molecule has 2 aliphatic heterocycles. The lowest BCUT2D eigenvalue weighted by Gasteiger charge is -2.39. The topological polar surface area (TPSA) is 75.1 Å². The number of nitrogens with zero attached hydrogens (tertiary/aromatic N) is 4. The fraction of sp³-hybridized carbons (Fsp3) is 0.370. The molecule has 0 aliphatic carbocycles. The molecule has 0 unspecified atom stereocenters. The van der Waals surface area contributed by atoms with Crippen molar-refractivity contribution in [3.8, 4) is 0 Å². The minimum Gasteiger partial charge on any atom is -0.379 e. The van der Waals surface area contributed by atoms with Crippen LogP contribution in [0.3, 0.4) is 0 Å². The molecule has 2 fully saturated rings. The zero-order valence-electron chi connectivity index (χ0n) is 21.1. The van der Waals surface area contributed by atoms with Crippen LogP contribution in [-0.4, -0.2) is 85.5 Å². The number of benzene rings is 2. The van der Waals surface area contributed by atoms with Crippen molar-refractivity contribution in [2.75, 3.05) is 52.5 Å². The third kappa shape index (κ3) is 5.37. The van der Waals surface area contributed by atoms with Gasteiger partial charge in [-0.15, -0.1) is 0 Å². The van der Waals surface area contributed by atoms with Gasteiger partial charge in [0.05, 0.1) is 19.3 Å². The van der Waals surface area contributed by atoms with Gasteiger partial charge in [0.2, 0.25) is 10.0 Å². The summed E-state index contributed by atoms with van der Waals surface area (Å²) in [6.07, 6.45) is 1.48. The summed E-state index contributed by atoms with van der Waals surface area (Å²) < 4.78 is 61.5. The van der Waals surface area contributed by atoms with E-state index in [-0.39, 0.29) is 41.6 Å². The van der Waals surface area contributed by atoms with Crippen molar-refractivity contribution >= 4 is 15.9 Å². The maximum absolute atomic E-state index is 13.6. The Bertz CT molecular complexity index is 1330. The van der Waals surface area contributed by atoms with Crippen LogP contribution in [0, 0.1) is 11.6 Å². The van der Waals surface area contributed by atoms with E-state index in [1.807, 2.05) is 0 Å². The summed E-state index contributed by atoms with van der Waals surface area (Å²) in [6, 6.07) is 13.7. The first-order chi connectivity index (χ1) is 18.2. The highest BCUT2D eigenvalue weighted by Crippen LogP contribution is 2.30. The third-order valence-corrected chi connectivity index (χ3v) is 9.01. The number of hydrogen-bond donors (Lipinski definition) is 0. The SMILES string of the molecule is Cn1cc(S(=O)(=O)N2CCOCC2)cc1C(=O)N1CCN(C(c2ccc(F)cc2)c2ccc(F)cc2)CC1. The molecule has 0 N–H and O–H groups in total. The maximum Gasteiger partial charge on any atom is 0.270 e. The first kappa shape index (κ1) is 26.5. The van der Waals surface area contributed by atoms with E-state index in [9.17, 15) is 22.0 Å². The summed E-state index contributed by atoms with van der Waals surface area (Å²) >= 11 is 0. The molecule has 2 aromatic carbocycles. The largest absolute Gasteiger partial charge is 0.379 e. The van der Waals surface area contributed by atoms with Gasteiger partial charge < -0.3 is 14.2 Å². The van der Waals surface area contributed by atoms with Gasteiger partial charge >= 0.3 is 0 Å². The van der Waals surface area contributed by atoms with Gasteiger partial charge in [0.25, 0.3) is 5.91 Å². The van der Waals surface area contributed by atoms with Crippen molar-refractivity contribution in [2.24, 2.45) is 7.05 Å². The summed E-state index contributed by atoms with van der Waals surface area (Å²) in [5.74, 6) is -0.908. The number of piperazine rings is 1. The fourth-order valence-corrected chi connectivity index (χ4v) is 6.55. The molecule has 202 valence electrons. The lowest BCUT2D eigenvalue weighted by molar-refractivity contribution is 0.0588. The average molecular weight is 545 g/mol. The van der Waals surface area contributed by atoms with Gasteiger partial charge in [0.1, 0.15) is 22.2 Å². The van der Waals surface area contributed by atoms with Crippen molar-refractivity contribution in [1.82, 2.24) is 18.7 Å². The van der Waals surface area contributed by atoms with E-state index >= 15 is 0 Å². The number of aromatic nitrogens is 1. The van der Waals surface area contributed by atoms with Crippen LogP contribution in [0.4, 0.5) is 8.78 Å². The Labute approximate surface area is 221 Å². The van der Waals surface area contributed by atoms with E-state index in [4.69, 9.17) is 4.74 Å². The molecule has 0 atom stereocenters. The Kier molecular flexibility index (Phi) is 7.62. The minimum atomic E-state index is -3.72. The number of ether oxygens (including phenoxy) is 1. The predicted octanol–water partition coefficient (Wildman–Crippen LogP) is 2.87. The number of morpholine rings is 1. The summed E-state index contributed by atoms with van der Waals surface area (Å²) in [7, 11) is -2.05. The molecular formula is C27H30F2N4O4S. The number of carbonyl (C=O) groups excluding carboxylic acids is 1. The van der Waals surface area contributed by atoms with Crippen molar-refractivity contribution in [3.63, 3.8) is 0 Å². The molecule has 5 rings (SSSR count). The molecule has 0 radical (unpaired) electrons. The Balaban J connectivity index is 1.32. The van der Waals surface area contributed by atoms with Gasteiger partial charge in [0, 0.05) is 52.5 Å². The molecule has 1 aromatic heterocycles. The second-order valence-corrected chi connectivity index (χ2v) is 11.5. The average Bonchev–Trinajstić information content (AvgIpc) is 3.34. The van der Waals surface area contributed by atoms with Crippen molar-refractivity contribution in [2.45, 2.75) is 10.9 Å². The number of carbonyl (C=O) groups is 1. The van der Waals surface area contributed by atoms with Gasteiger partial charge in [-0.05, 0) is 41.5 Å². The van der Waals surface area contributed by atoms with E-state index in [0.717, 1.165) is 11.1 Å². The second-order valence-electron chi connectivity index (χ2n) is 9.52. The number of halogens is 2. The summed E-state index contributed by atoms with van der Waals surface area (Å²) in [5.41, 5.74) is 2.05. The smallest absolute Gasteiger partial charge is 0.270 e. The van der Waals surface area contributed by atoms with Crippen LogP contribution < -0.4 is 0 Å². The zero-order chi connectivity index (χ0) is 26.9. The Morgan fingerprint density at radius 3 is 1.89 bits per heavy atom. The molecule has 1 amide bonds. The molecule has 11 heteroatoms. The van der Waals surface area contributed by atoms with Crippen LogP contribution in [0.1, 0.15) is 27.7 Å². The highest BCUT2D eigenvalue weighted by atomic mass is 32.2. The van der Waals surface area contributed by atoms with Gasteiger partial charge in [-0.2, -0.15) is 4.31 Å². The first-order valence-corrected chi connectivity index (χ1v) is 14.0. The highest BCUT2D eigenvalue weighted by molar-refractivity contribution is 7.89.